The molecule has 0 bridgehead atoms. The Kier molecular flexibility index (Phi) is 8.77. The first-order valence-electron chi connectivity index (χ1n) is 7.39. The molecule has 2 aromatic rings. The van der Waals surface area contributed by atoms with Gasteiger partial charge in [-0.1, -0.05) is 77.3 Å². The van der Waals surface area contributed by atoms with Crippen LogP contribution in [-0.2, 0) is 8.63 Å². The molecule has 0 saturated carbocycles. The van der Waals surface area contributed by atoms with Crippen molar-refractivity contribution in [2.75, 3.05) is 5.32 Å². The molecule has 0 unspecified atom stereocenters. The molecular weight excluding hydrogens is 439 g/mol. The molecule has 1 amide bonds. The Hall–Kier alpha value is -2.07. The summed E-state index contributed by atoms with van der Waals surface area (Å²) >= 11 is 18.1. The minimum Gasteiger partial charge on any atom is -0.380 e. The molecule has 2 rings (SSSR count). The molecule has 0 aliphatic carbocycles. The predicted molar refractivity (Wildman–Crippen MR) is 109 cm³/mol. The third kappa shape index (κ3) is 7.22. The fourth-order valence-corrected chi connectivity index (χ4v) is 2.68. The highest BCUT2D eigenvalue weighted by Crippen LogP contribution is 2.38. The molecule has 0 spiro atoms. The van der Waals surface area contributed by atoms with Crippen molar-refractivity contribution in [3.05, 3.63) is 57.0 Å². The van der Waals surface area contributed by atoms with E-state index in [0.29, 0.717) is 11.3 Å². The maximum Gasteiger partial charge on any atom is 0.437 e. The first kappa shape index (κ1) is 23.0. The van der Waals surface area contributed by atoms with Crippen molar-refractivity contribution >= 4 is 68.8 Å². The lowest BCUT2D eigenvalue weighted by molar-refractivity contribution is -0.380. The van der Waals surface area contributed by atoms with E-state index in [0.717, 1.165) is 11.3 Å². The van der Waals surface area contributed by atoms with Crippen LogP contribution in [-0.4, -0.2) is 16.9 Å². The largest absolute Gasteiger partial charge is 0.437 e. The number of benzene rings is 1. The van der Waals surface area contributed by atoms with Crippen LogP contribution in [0.3, 0.4) is 0 Å². The lowest BCUT2D eigenvalue weighted by Crippen LogP contribution is -2.17. The van der Waals surface area contributed by atoms with Gasteiger partial charge in [-0.2, -0.15) is 0 Å². The summed E-state index contributed by atoms with van der Waals surface area (Å²) in [5.41, 5.74) is 6.68. The molecular formula is C15H15Cl3N4O4S. The van der Waals surface area contributed by atoms with Crippen molar-refractivity contribution < 1.29 is 14.6 Å². The molecule has 8 nitrogen and oxygen atoms in total. The zero-order valence-corrected chi connectivity index (χ0v) is 17.2. The molecule has 0 radical (unpaired) electrons. The summed E-state index contributed by atoms with van der Waals surface area (Å²) in [4.78, 5) is 26.3. The number of carbonyl (C=O) groups is 1. The summed E-state index contributed by atoms with van der Waals surface area (Å²) < 4.78 is -1.57. The molecule has 0 aliphatic heterocycles. The van der Waals surface area contributed by atoms with E-state index in [1.165, 1.54) is 35.7 Å². The van der Waals surface area contributed by atoms with Gasteiger partial charge in [-0.25, -0.2) is 4.79 Å². The summed E-state index contributed by atoms with van der Waals surface area (Å²) in [6.45, 7) is 4.00. The number of carbonyl (C=O) groups excluding carboxylic acids is 1. The van der Waals surface area contributed by atoms with E-state index in [1.54, 1.807) is 0 Å². The Morgan fingerprint density at radius 1 is 1.30 bits per heavy atom. The Balaban J connectivity index is 0.00000176. The molecule has 0 fully saturated rings. The standard InChI is InChI=1S/C13H9Cl3N4O4S.C2H6/c14-13(15,16)8-1-3-9(4-2-8)18-12(21)24-19-11(17)7-5-10(20(22)23)25-6-7;1-2/h1-6H,(H2,17,19)(H,18,21);1-2H3. The van der Waals surface area contributed by atoms with Crippen LogP contribution < -0.4 is 11.1 Å². The monoisotopic (exact) mass is 452 g/mol. The van der Waals surface area contributed by atoms with Gasteiger partial charge in [-0.3, -0.25) is 20.3 Å². The summed E-state index contributed by atoms with van der Waals surface area (Å²) in [5, 5.41) is 17.7. The van der Waals surface area contributed by atoms with E-state index in [4.69, 9.17) is 40.5 Å². The zero-order valence-electron chi connectivity index (χ0n) is 14.1. The number of nitrogens with two attached hydrogens (primary N) is 1. The van der Waals surface area contributed by atoms with Crippen molar-refractivity contribution in [2.45, 2.75) is 17.6 Å². The lowest BCUT2D eigenvalue weighted by Gasteiger charge is -2.11. The Morgan fingerprint density at radius 3 is 2.37 bits per heavy atom. The summed E-state index contributed by atoms with van der Waals surface area (Å²) in [6, 6.07) is 7.28. The number of nitro groups is 1. The van der Waals surface area contributed by atoms with Gasteiger partial charge in [0.1, 0.15) is 0 Å². The lowest BCUT2D eigenvalue weighted by atomic mass is 10.2. The maximum absolute atomic E-state index is 11.7. The van der Waals surface area contributed by atoms with Crippen LogP contribution in [0.2, 0.25) is 0 Å². The second-order valence-electron chi connectivity index (χ2n) is 4.49. The molecule has 1 aromatic carbocycles. The summed E-state index contributed by atoms with van der Waals surface area (Å²) in [5.74, 6) is -0.175. The second kappa shape index (κ2) is 10.3. The summed E-state index contributed by atoms with van der Waals surface area (Å²) in [6.07, 6.45) is -0.908. The van der Waals surface area contributed by atoms with Gasteiger partial charge in [0, 0.05) is 28.3 Å². The van der Waals surface area contributed by atoms with Gasteiger partial charge in [-0.15, -0.1) is 0 Å². The van der Waals surface area contributed by atoms with Crippen LogP contribution in [0.15, 0.2) is 40.9 Å². The van der Waals surface area contributed by atoms with E-state index < -0.39 is 14.8 Å². The third-order valence-corrected chi connectivity index (χ3v) is 4.28. The van der Waals surface area contributed by atoms with Crippen molar-refractivity contribution in [1.82, 2.24) is 0 Å². The first-order valence-corrected chi connectivity index (χ1v) is 9.40. The predicted octanol–water partition coefficient (Wildman–Crippen LogP) is 5.38. The SMILES string of the molecule is CC.N/C(=N/OC(=O)Nc1ccc(C(Cl)(Cl)Cl)cc1)c1csc([N+](=O)[O-])c1. The van der Waals surface area contributed by atoms with Crippen LogP contribution in [0.5, 0.6) is 0 Å². The fourth-order valence-electron chi connectivity index (χ4n) is 1.58. The Labute approximate surface area is 174 Å². The van der Waals surface area contributed by atoms with Crippen LogP contribution in [0.1, 0.15) is 25.0 Å². The zero-order chi connectivity index (χ0) is 20.6. The average Bonchev–Trinajstić information content (AvgIpc) is 3.12. The van der Waals surface area contributed by atoms with Gasteiger partial charge in [0.25, 0.3) is 0 Å². The van der Waals surface area contributed by atoms with Crippen LogP contribution in [0.4, 0.5) is 15.5 Å². The highest BCUT2D eigenvalue weighted by atomic mass is 35.6. The van der Waals surface area contributed by atoms with Gasteiger partial charge in [-0.05, 0) is 12.1 Å². The van der Waals surface area contributed by atoms with Gasteiger partial charge in [0.15, 0.2) is 5.84 Å². The topological polar surface area (TPSA) is 120 Å². The molecule has 27 heavy (non-hydrogen) atoms. The number of nitrogens with zero attached hydrogens (tertiary/aromatic N) is 2. The number of alkyl halides is 3. The van der Waals surface area contributed by atoms with E-state index in [-0.39, 0.29) is 16.4 Å². The molecule has 146 valence electrons. The van der Waals surface area contributed by atoms with E-state index in [9.17, 15) is 14.9 Å². The highest BCUT2D eigenvalue weighted by Gasteiger charge is 2.22. The molecule has 0 saturated heterocycles. The van der Waals surface area contributed by atoms with E-state index in [2.05, 4.69) is 15.3 Å². The molecule has 0 aliphatic rings. The Bertz CT molecular complexity index is 819. The number of hydrogen-bond acceptors (Lipinski definition) is 6. The van der Waals surface area contributed by atoms with Gasteiger partial charge in [0.05, 0.1) is 4.92 Å². The molecule has 1 aromatic heterocycles. The quantitative estimate of drug-likeness (QED) is 0.161. The minimum absolute atomic E-state index is 0.105. The number of thiophene rings is 1. The fraction of sp³-hybridized carbons (Fsp3) is 0.200. The number of hydrogen-bond donors (Lipinski definition) is 2. The molecule has 12 heteroatoms. The van der Waals surface area contributed by atoms with Crippen molar-refractivity contribution in [3.8, 4) is 0 Å². The molecule has 0 atom stereocenters. The minimum atomic E-state index is -1.57. The number of rotatable bonds is 4. The van der Waals surface area contributed by atoms with E-state index in [1.807, 2.05) is 13.8 Å². The third-order valence-electron chi connectivity index (χ3n) is 2.75. The maximum atomic E-state index is 11.7. The van der Waals surface area contributed by atoms with Crippen molar-refractivity contribution in [2.24, 2.45) is 10.9 Å². The van der Waals surface area contributed by atoms with Gasteiger partial charge >= 0.3 is 11.1 Å². The number of amidine groups is 1. The number of nitrogens with one attached hydrogen (secondary N) is 1. The number of oxime groups is 1. The highest BCUT2D eigenvalue weighted by molar-refractivity contribution is 7.13. The van der Waals surface area contributed by atoms with Crippen molar-refractivity contribution in [1.29, 1.82) is 0 Å². The number of amides is 1. The molecule has 1 heterocycles. The number of halogens is 3. The second-order valence-corrected chi connectivity index (χ2v) is 7.66. The summed E-state index contributed by atoms with van der Waals surface area (Å²) in [7, 11) is 0. The smallest absolute Gasteiger partial charge is 0.380 e. The van der Waals surface area contributed by atoms with E-state index >= 15 is 0 Å². The molecule has 3 N–H and O–H groups in total. The van der Waals surface area contributed by atoms with Crippen molar-refractivity contribution in [3.63, 3.8) is 0 Å². The van der Waals surface area contributed by atoms with Gasteiger partial charge in [0.2, 0.25) is 3.79 Å². The van der Waals surface area contributed by atoms with Gasteiger partial charge < -0.3 is 5.73 Å². The van der Waals surface area contributed by atoms with Crippen LogP contribution in [0.25, 0.3) is 0 Å². The number of anilines is 1. The van der Waals surface area contributed by atoms with Crippen LogP contribution >= 0.6 is 46.1 Å². The van der Waals surface area contributed by atoms with Crippen LogP contribution in [0, 0.1) is 10.1 Å². The first-order chi connectivity index (χ1) is 12.7. The average molecular weight is 454 g/mol. The normalized spacial score (nSPS) is 11.2. The Morgan fingerprint density at radius 2 is 1.89 bits per heavy atom.